The molecule has 0 bridgehead atoms. The highest BCUT2D eigenvalue weighted by Gasteiger charge is 2.12. The first-order chi connectivity index (χ1) is 15.2. The van der Waals surface area contributed by atoms with Gasteiger partial charge in [0, 0.05) is 24.1 Å². The minimum Gasteiger partial charge on any atom is -0.278 e. The topological polar surface area (TPSA) is 67.5 Å². The quantitative estimate of drug-likeness (QED) is 0.332. The number of nitrogens with zero attached hydrogens (tertiary/aromatic N) is 5. The van der Waals surface area contributed by atoms with Crippen molar-refractivity contribution in [2.75, 3.05) is 5.43 Å². The van der Waals surface area contributed by atoms with E-state index >= 15 is 0 Å². The molecule has 0 saturated heterocycles. The van der Waals surface area contributed by atoms with E-state index in [4.69, 9.17) is 0 Å². The zero-order valence-electron chi connectivity index (χ0n) is 16.8. The van der Waals surface area contributed by atoms with Gasteiger partial charge in [-0.05, 0) is 48.9 Å². The Morgan fingerprint density at radius 3 is 2.77 bits per heavy atom. The summed E-state index contributed by atoms with van der Waals surface area (Å²) in [6, 6.07) is 20.5. The average Bonchev–Trinajstić information content (AvgIpc) is 3.20. The normalized spacial score (nSPS) is 11.9. The number of benzene rings is 2. The number of pyridine rings is 1. The van der Waals surface area contributed by atoms with Gasteiger partial charge in [-0.2, -0.15) is 10.2 Å². The fourth-order valence-electron chi connectivity index (χ4n) is 3.43. The molecule has 0 spiro atoms. The molecule has 3 heterocycles. The van der Waals surface area contributed by atoms with Crippen molar-refractivity contribution in [3.8, 4) is 0 Å². The van der Waals surface area contributed by atoms with Crippen molar-refractivity contribution < 1.29 is 4.39 Å². The smallest absolute Gasteiger partial charge is 0.153 e. The summed E-state index contributed by atoms with van der Waals surface area (Å²) in [5.74, 6) is -0.290. The molecule has 0 atom stereocenters. The summed E-state index contributed by atoms with van der Waals surface area (Å²) in [7, 11) is 0. The Bertz CT molecular complexity index is 1410. The molecular formula is C24H19FN6. The van der Waals surface area contributed by atoms with Crippen LogP contribution in [0.3, 0.4) is 0 Å². The second-order valence-corrected chi connectivity index (χ2v) is 7.23. The van der Waals surface area contributed by atoms with Crippen LogP contribution in [0, 0.1) is 5.82 Å². The Morgan fingerprint density at radius 1 is 1.03 bits per heavy atom. The third-order valence-corrected chi connectivity index (χ3v) is 5.07. The van der Waals surface area contributed by atoms with E-state index in [0.717, 1.165) is 22.5 Å². The van der Waals surface area contributed by atoms with Gasteiger partial charge in [0.25, 0.3) is 0 Å². The highest BCUT2D eigenvalue weighted by atomic mass is 19.1. The molecule has 0 amide bonds. The van der Waals surface area contributed by atoms with Crippen LogP contribution in [0.1, 0.15) is 23.9 Å². The first-order valence-corrected chi connectivity index (χ1v) is 9.90. The Morgan fingerprint density at radius 2 is 1.90 bits per heavy atom. The molecule has 0 unspecified atom stereocenters. The van der Waals surface area contributed by atoms with Crippen molar-refractivity contribution in [1.82, 2.24) is 19.6 Å². The number of hydrogen-bond donors (Lipinski definition) is 1. The second-order valence-electron chi connectivity index (χ2n) is 7.23. The summed E-state index contributed by atoms with van der Waals surface area (Å²) in [6.07, 6.45) is 3.76. The van der Waals surface area contributed by atoms with E-state index < -0.39 is 0 Å². The van der Waals surface area contributed by atoms with E-state index in [1.165, 1.54) is 6.07 Å². The van der Waals surface area contributed by atoms with Crippen LogP contribution in [0.2, 0.25) is 0 Å². The first kappa shape index (κ1) is 18.9. The molecule has 0 radical (unpaired) electrons. The fraction of sp³-hybridized carbons (Fsp3) is 0.0833. The predicted octanol–water partition coefficient (Wildman–Crippen LogP) is 4.84. The van der Waals surface area contributed by atoms with Crippen molar-refractivity contribution in [2.45, 2.75) is 13.3 Å². The van der Waals surface area contributed by atoms with Gasteiger partial charge in [0.15, 0.2) is 5.65 Å². The molecule has 0 fully saturated rings. The van der Waals surface area contributed by atoms with Crippen LogP contribution in [0.25, 0.3) is 16.6 Å². The largest absolute Gasteiger partial charge is 0.278 e. The van der Waals surface area contributed by atoms with Crippen LogP contribution in [0.5, 0.6) is 0 Å². The number of halogens is 1. The lowest BCUT2D eigenvalue weighted by atomic mass is 10.1. The van der Waals surface area contributed by atoms with Crippen LogP contribution in [-0.2, 0) is 6.42 Å². The molecule has 0 aliphatic carbocycles. The summed E-state index contributed by atoms with van der Waals surface area (Å²) in [5.41, 5.74) is 8.07. The highest BCUT2D eigenvalue weighted by Crippen LogP contribution is 2.20. The number of aromatic nitrogens is 4. The molecule has 0 aliphatic rings. The summed E-state index contributed by atoms with van der Waals surface area (Å²) in [5, 5.41) is 10.0. The lowest BCUT2D eigenvalue weighted by Gasteiger charge is -2.07. The molecule has 7 heteroatoms. The maximum atomic E-state index is 14.7. The van der Waals surface area contributed by atoms with Gasteiger partial charge in [0.2, 0.25) is 0 Å². The molecule has 1 N–H and O–H groups in total. The van der Waals surface area contributed by atoms with Gasteiger partial charge in [-0.3, -0.25) is 10.4 Å². The van der Waals surface area contributed by atoms with Crippen molar-refractivity contribution in [2.24, 2.45) is 5.10 Å². The zero-order valence-corrected chi connectivity index (χ0v) is 16.8. The van der Waals surface area contributed by atoms with Gasteiger partial charge in [0.1, 0.15) is 11.5 Å². The molecule has 3 aromatic heterocycles. The van der Waals surface area contributed by atoms with Crippen LogP contribution in [-0.4, -0.2) is 25.3 Å². The molecule has 0 aliphatic heterocycles. The van der Waals surface area contributed by atoms with Crippen molar-refractivity contribution in [1.29, 1.82) is 0 Å². The number of nitrogens with one attached hydrogen (secondary N) is 1. The minimum atomic E-state index is -0.290. The van der Waals surface area contributed by atoms with Gasteiger partial charge in [-0.15, -0.1) is 0 Å². The zero-order chi connectivity index (χ0) is 21.2. The van der Waals surface area contributed by atoms with Gasteiger partial charge in [0.05, 0.1) is 28.8 Å². The van der Waals surface area contributed by atoms with Crippen molar-refractivity contribution in [3.63, 3.8) is 0 Å². The van der Waals surface area contributed by atoms with E-state index in [0.29, 0.717) is 28.8 Å². The molecular weight excluding hydrogens is 391 g/mol. The minimum absolute atomic E-state index is 0.290. The second kappa shape index (κ2) is 7.95. The van der Waals surface area contributed by atoms with E-state index in [2.05, 4.69) is 25.6 Å². The SMILES string of the molecule is C/C(=N/Nc1ccccc1)c1ccc2ncc(Cc3cc4cccnc4cc3F)n2n1. The summed E-state index contributed by atoms with van der Waals surface area (Å²) in [6.45, 7) is 1.89. The standard InChI is InChI=1S/C24H19FN6/c1-16(28-29-19-7-3-2-4-8-19)22-9-10-24-27-15-20(31(24)30-22)13-18-12-17-6-5-11-26-23(17)14-21(18)25/h2-12,14-15,29H,13H2,1H3/b28-16-. The van der Waals surface area contributed by atoms with Crippen molar-refractivity contribution in [3.05, 3.63) is 102 Å². The van der Waals surface area contributed by atoms with Crippen LogP contribution in [0.15, 0.2) is 84.2 Å². The molecule has 31 heavy (non-hydrogen) atoms. The van der Waals surface area contributed by atoms with Gasteiger partial charge < -0.3 is 0 Å². The Balaban J connectivity index is 1.46. The summed E-state index contributed by atoms with van der Waals surface area (Å²) in [4.78, 5) is 8.62. The molecule has 6 nitrogen and oxygen atoms in total. The number of para-hydroxylation sites is 1. The monoisotopic (exact) mass is 410 g/mol. The Kier molecular flexibility index (Phi) is 4.84. The van der Waals surface area contributed by atoms with Crippen LogP contribution < -0.4 is 5.43 Å². The fourth-order valence-corrected chi connectivity index (χ4v) is 3.43. The third kappa shape index (κ3) is 3.85. The number of fused-ring (bicyclic) bond motifs is 2. The number of imidazole rings is 1. The van der Waals surface area contributed by atoms with Gasteiger partial charge in [-0.1, -0.05) is 24.3 Å². The van der Waals surface area contributed by atoms with Gasteiger partial charge >= 0.3 is 0 Å². The van der Waals surface area contributed by atoms with E-state index in [1.54, 1.807) is 16.9 Å². The van der Waals surface area contributed by atoms with E-state index in [1.807, 2.05) is 67.6 Å². The number of hydrogen-bond acceptors (Lipinski definition) is 5. The number of anilines is 1. The van der Waals surface area contributed by atoms with Crippen LogP contribution in [0.4, 0.5) is 10.1 Å². The van der Waals surface area contributed by atoms with Crippen molar-refractivity contribution >= 4 is 27.9 Å². The molecule has 5 rings (SSSR count). The van der Waals surface area contributed by atoms with E-state index in [9.17, 15) is 4.39 Å². The first-order valence-electron chi connectivity index (χ1n) is 9.90. The molecule has 152 valence electrons. The average molecular weight is 410 g/mol. The number of rotatable bonds is 5. The van der Waals surface area contributed by atoms with Crippen LogP contribution >= 0.6 is 0 Å². The van der Waals surface area contributed by atoms with Gasteiger partial charge in [-0.25, -0.2) is 13.9 Å². The lowest BCUT2D eigenvalue weighted by molar-refractivity contribution is 0.614. The molecule has 0 saturated carbocycles. The molecule has 2 aromatic carbocycles. The highest BCUT2D eigenvalue weighted by molar-refractivity contribution is 5.97. The lowest BCUT2D eigenvalue weighted by Crippen LogP contribution is -2.08. The Hall–Kier alpha value is -4.13. The predicted molar refractivity (Wildman–Crippen MR) is 120 cm³/mol. The summed E-state index contributed by atoms with van der Waals surface area (Å²) < 4.78 is 16.4. The summed E-state index contributed by atoms with van der Waals surface area (Å²) >= 11 is 0. The number of hydrazone groups is 1. The third-order valence-electron chi connectivity index (χ3n) is 5.07. The maximum absolute atomic E-state index is 14.7. The van der Waals surface area contributed by atoms with E-state index in [-0.39, 0.29) is 5.82 Å². The Labute approximate surface area is 178 Å². The molecule has 5 aromatic rings. The maximum Gasteiger partial charge on any atom is 0.153 e.